The second-order valence-electron chi connectivity index (χ2n) is 3.68. The molecule has 6 nitrogen and oxygen atoms in total. The van der Waals surface area contributed by atoms with Gasteiger partial charge in [-0.3, -0.25) is 19.7 Å². The van der Waals surface area contributed by atoms with Crippen LogP contribution in [0.4, 0.5) is 0 Å². The van der Waals surface area contributed by atoms with Crippen LogP contribution in [0.3, 0.4) is 0 Å². The van der Waals surface area contributed by atoms with Crippen LogP contribution in [0.15, 0.2) is 35.3 Å². The monoisotopic (exact) mass is 283 g/mol. The van der Waals surface area contributed by atoms with Gasteiger partial charge in [0.05, 0.1) is 29.1 Å². The summed E-state index contributed by atoms with van der Waals surface area (Å²) in [4.78, 5) is 31.7. The molecule has 1 aromatic rings. The molecule has 0 saturated carbocycles. The van der Waals surface area contributed by atoms with Gasteiger partial charge in [-0.1, -0.05) is 0 Å². The van der Waals surface area contributed by atoms with E-state index in [1.54, 1.807) is 6.08 Å². The molecule has 8 heteroatoms. The van der Waals surface area contributed by atoms with E-state index in [1.165, 1.54) is 40.7 Å². The molecule has 2 aliphatic rings. The standard InChI is InChI=1S/C11H7N3O3S.Na/c15-9-7(3-6-4-12-1-2-13-6)10-14(9)8(5-18-10)11(16)17;/h1-5,10H,(H,16,17);/q;+1/p-1/t10-;/m0./s1. The Morgan fingerprint density at radius 3 is 2.89 bits per heavy atom. The molecule has 0 aromatic carbocycles. The second kappa shape index (κ2) is 5.46. The van der Waals surface area contributed by atoms with E-state index in [0.29, 0.717) is 11.3 Å². The maximum absolute atomic E-state index is 11.8. The van der Waals surface area contributed by atoms with Crippen LogP contribution in [0.25, 0.3) is 6.08 Å². The molecule has 0 radical (unpaired) electrons. The number of hydrogen-bond donors (Lipinski definition) is 0. The number of aromatic nitrogens is 2. The smallest absolute Gasteiger partial charge is 0.543 e. The van der Waals surface area contributed by atoms with E-state index >= 15 is 0 Å². The van der Waals surface area contributed by atoms with Crippen molar-refractivity contribution in [2.45, 2.75) is 5.37 Å². The molecule has 3 rings (SSSR count). The number of β-lactam (4-membered cyclic amide) rings is 1. The molecular weight excluding hydrogens is 277 g/mol. The molecule has 0 spiro atoms. The minimum Gasteiger partial charge on any atom is -0.543 e. The summed E-state index contributed by atoms with van der Waals surface area (Å²) in [6.45, 7) is 0. The Hall–Kier alpha value is -1.15. The molecule has 1 saturated heterocycles. The summed E-state index contributed by atoms with van der Waals surface area (Å²) in [7, 11) is 0. The van der Waals surface area contributed by atoms with Gasteiger partial charge in [0, 0.05) is 12.4 Å². The van der Waals surface area contributed by atoms with Gasteiger partial charge in [0.25, 0.3) is 5.91 Å². The zero-order chi connectivity index (χ0) is 12.7. The first-order valence-electron chi connectivity index (χ1n) is 5.06. The van der Waals surface area contributed by atoms with E-state index in [2.05, 4.69) is 9.97 Å². The van der Waals surface area contributed by atoms with E-state index in [-0.39, 0.29) is 46.5 Å². The van der Waals surface area contributed by atoms with Crippen molar-refractivity contribution in [3.63, 3.8) is 0 Å². The number of carbonyl (C=O) groups excluding carboxylic acids is 2. The fourth-order valence-electron chi connectivity index (χ4n) is 1.80. The van der Waals surface area contributed by atoms with Crippen molar-refractivity contribution in [3.05, 3.63) is 41.0 Å². The average Bonchev–Trinajstić information content (AvgIpc) is 2.77. The maximum Gasteiger partial charge on any atom is 1.00 e. The van der Waals surface area contributed by atoms with Gasteiger partial charge < -0.3 is 9.90 Å². The minimum absolute atomic E-state index is 0. The Bertz CT molecular complexity index is 602. The van der Waals surface area contributed by atoms with Crippen molar-refractivity contribution in [1.29, 1.82) is 0 Å². The molecule has 90 valence electrons. The van der Waals surface area contributed by atoms with Gasteiger partial charge in [-0.2, -0.15) is 0 Å². The van der Waals surface area contributed by atoms with Crippen LogP contribution in [-0.4, -0.2) is 32.1 Å². The van der Waals surface area contributed by atoms with E-state index in [9.17, 15) is 14.7 Å². The van der Waals surface area contributed by atoms with Gasteiger partial charge in [-0.25, -0.2) is 0 Å². The van der Waals surface area contributed by atoms with Gasteiger partial charge in [0.1, 0.15) is 5.37 Å². The third-order valence-corrected chi connectivity index (χ3v) is 3.71. The van der Waals surface area contributed by atoms with E-state index in [1.807, 2.05) is 0 Å². The number of carboxylic acids is 1. The van der Waals surface area contributed by atoms with Crippen molar-refractivity contribution >= 4 is 29.7 Å². The van der Waals surface area contributed by atoms with Crippen molar-refractivity contribution in [2.75, 3.05) is 0 Å². The fraction of sp³-hybridized carbons (Fsp3) is 0.0909. The Morgan fingerprint density at radius 1 is 1.47 bits per heavy atom. The number of carboxylic acid groups (broad SMARTS) is 1. The largest absolute Gasteiger partial charge is 1.00 e. The number of carbonyl (C=O) groups is 2. The first-order valence-corrected chi connectivity index (χ1v) is 6.01. The van der Waals surface area contributed by atoms with E-state index < -0.39 is 5.97 Å². The van der Waals surface area contributed by atoms with Crippen LogP contribution in [0.2, 0.25) is 0 Å². The molecule has 1 aromatic heterocycles. The fourth-order valence-corrected chi connectivity index (χ4v) is 2.92. The second-order valence-corrected chi connectivity index (χ2v) is 4.64. The zero-order valence-electron chi connectivity index (χ0n) is 9.94. The first kappa shape index (κ1) is 14.3. The number of amides is 1. The summed E-state index contributed by atoms with van der Waals surface area (Å²) in [5.74, 6) is -1.66. The molecule has 1 amide bonds. The average molecular weight is 283 g/mol. The van der Waals surface area contributed by atoms with Crippen LogP contribution in [-0.2, 0) is 9.59 Å². The summed E-state index contributed by atoms with van der Waals surface area (Å²) < 4.78 is 0. The number of hydrogen-bond acceptors (Lipinski definition) is 6. The van der Waals surface area contributed by atoms with Crippen LogP contribution in [0.1, 0.15) is 5.69 Å². The minimum atomic E-state index is -1.34. The number of fused-ring (bicyclic) bond motifs is 1. The summed E-state index contributed by atoms with van der Waals surface area (Å²) in [5, 5.41) is 11.9. The molecule has 1 atom stereocenters. The Balaban J connectivity index is 0.00000133. The van der Waals surface area contributed by atoms with Crippen LogP contribution in [0, 0.1) is 0 Å². The third kappa shape index (κ3) is 2.34. The van der Waals surface area contributed by atoms with Crippen LogP contribution in [0.5, 0.6) is 0 Å². The van der Waals surface area contributed by atoms with Crippen LogP contribution < -0.4 is 34.7 Å². The Kier molecular flexibility index (Phi) is 4.10. The molecular formula is C11H6N3NaO3S. The van der Waals surface area contributed by atoms with E-state index in [4.69, 9.17) is 0 Å². The topological polar surface area (TPSA) is 86.2 Å². The molecule has 0 N–H and O–H groups in total. The zero-order valence-corrected chi connectivity index (χ0v) is 12.8. The Labute approximate surface area is 134 Å². The maximum atomic E-state index is 11.8. The summed E-state index contributed by atoms with van der Waals surface area (Å²) in [6.07, 6.45) is 6.22. The quantitative estimate of drug-likeness (QED) is 0.316. The molecule has 0 aliphatic carbocycles. The summed E-state index contributed by atoms with van der Waals surface area (Å²) in [5.41, 5.74) is 1.02. The molecule has 3 heterocycles. The van der Waals surface area contributed by atoms with E-state index in [0.717, 1.165) is 0 Å². The SMILES string of the molecule is O=C([O-])C1=CS[C@H]2C(=Cc3cnccn3)C(=O)N12.[Na+]. The van der Waals surface area contributed by atoms with Crippen molar-refractivity contribution in [1.82, 2.24) is 14.9 Å². The molecule has 2 aliphatic heterocycles. The first-order chi connectivity index (χ1) is 8.68. The van der Waals surface area contributed by atoms with Gasteiger partial charge in [0.15, 0.2) is 0 Å². The number of aliphatic carboxylic acids is 1. The third-order valence-electron chi connectivity index (χ3n) is 2.63. The molecule has 1 fully saturated rings. The van der Waals surface area contributed by atoms with Gasteiger partial charge in [0.2, 0.25) is 0 Å². The number of thioether (sulfide) groups is 1. The van der Waals surface area contributed by atoms with Crippen molar-refractivity contribution in [3.8, 4) is 0 Å². The van der Waals surface area contributed by atoms with Gasteiger partial charge >= 0.3 is 29.6 Å². The summed E-state index contributed by atoms with van der Waals surface area (Å²) >= 11 is 1.27. The normalized spacial score (nSPS) is 22.4. The number of nitrogens with zero attached hydrogens (tertiary/aromatic N) is 3. The van der Waals surface area contributed by atoms with Crippen molar-refractivity contribution in [2.24, 2.45) is 0 Å². The van der Waals surface area contributed by atoms with Gasteiger partial charge in [-0.15, -0.1) is 11.8 Å². The van der Waals surface area contributed by atoms with Crippen LogP contribution >= 0.6 is 11.8 Å². The summed E-state index contributed by atoms with van der Waals surface area (Å²) in [6, 6.07) is 0. The molecule has 0 bridgehead atoms. The predicted octanol–water partition coefficient (Wildman–Crippen LogP) is -3.63. The predicted molar refractivity (Wildman–Crippen MR) is 61.3 cm³/mol. The Morgan fingerprint density at radius 2 is 2.26 bits per heavy atom. The molecule has 19 heavy (non-hydrogen) atoms. The number of rotatable bonds is 2. The molecule has 0 unspecified atom stereocenters. The van der Waals surface area contributed by atoms with Crippen molar-refractivity contribution < 1.29 is 44.3 Å². The van der Waals surface area contributed by atoms with Gasteiger partial charge in [-0.05, 0) is 11.5 Å².